The number of carbonyl (C=O) groups excluding carboxylic acids is 1. The maximum Gasteiger partial charge on any atom is 0.233 e. The van der Waals surface area contributed by atoms with Crippen LogP contribution in [0.5, 0.6) is 5.75 Å². The van der Waals surface area contributed by atoms with E-state index in [0.717, 1.165) is 0 Å². The van der Waals surface area contributed by atoms with Crippen molar-refractivity contribution < 1.29 is 13.9 Å². The van der Waals surface area contributed by atoms with Crippen molar-refractivity contribution >= 4 is 18.3 Å². The Labute approximate surface area is 99.4 Å². The molecular weight excluding hydrogens is 235 g/mol. The number of rotatable bonds is 5. The van der Waals surface area contributed by atoms with Gasteiger partial charge in [-0.25, -0.2) is 4.39 Å². The number of ether oxygens (including phenoxy) is 1. The van der Waals surface area contributed by atoms with Crippen molar-refractivity contribution in [2.24, 2.45) is 5.73 Å². The Morgan fingerprint density at radius 2 is 2.25 bits per heavy atom. The predicted octanol–water partition coefficient (Wildman–Crippen LogP) is 0.701. The molecule has 0 spiro atoms. The summed E-state index contributed by atoms with van der Waals surface area (Å²) in [6.07, 6.45) is 0. The van der Waals surface area contributed by atoms with Crippen LogP contribution < -0.4 is 15.8 Å². The highest BCUT2D eigenvalue weighted by Crippen LogP contribution is 2.11. The molecule has 0 aromatic heterocycles. The Bertz CT molecular complexity index is 336. The second-order valence-electron chi connectivity index (χ2n) is 2.86. The summed E-state index contributed by atoms with van der Waals surface area (Å²) in [6.45, 7) is 0.599. The van der Waals surface area contributed by atoms with E-state index in [-0.39, 0.29) is 37.3 Å². The smallest absolute Gasteiger partial charge is 0.233 e. The first kappa shape index (κ1) is 14.7. The van der Waals surface area contributed by atoms with Crippen molar-refractivity contribution in [2.75, 3.05) is 19.7 Å². The van der Waals surface area contributed by atoms with Gasteiger partial charge in [-0.3, -0.25) is 4.79 Å². The average molecular weight is 249 g/mol. The number of halogens is 2. The van der Waals surface area contributed by atoms with Gasteiger partial charge in [-0.05, 0) is 12.1 Å². The van der Waals surface area contributed by atoms with Crippen molar-refractivity contribution in [1.82, 2.24) is 5.32 Å². The monoisotopic (exact) mass is 248 g/mol. The number of hydrogen-bond acceptors (Lipinski definition) is 3. The molecule has 1 aromatic carbocycles. The van der Waals surface area contributed by atoms with Crippen molar-refractivity contribution in [2.45, 2.75) is 0 Å². The first-order valence-electron chi connectivity index (χ1n) is 4.57. The van der Waals surface area contributed by atoms with Crippen LogP contribution in [0.25, 0.3) is 0 Å². The normalized spacial score (nSPS) is 9.12. The Morgan fingerprint density at radius 1 is 1.50 bits per heavy atom. The van der Waals surface area contributed by atoms with Crippen molar-refractivity contribution in [1.29, 1.82) is 0 Å². The lowest BCUT2D eigenvalue weighted by Gasteiger charge is -2.06. The van der Waals surface area contributed by atoms with Gasteiger partial charge in [-0.1, -0.05) is 6.07 Å². The van der Waals surface area contributed by atoms with E-state index in [9.17, 15) is 9.18 Å². The Kier molecular flexibility index (Phi) is 7.24. The van der Waals surface area contributed by atoms with Crippen LogP contribution in [0, 0.1) is 5.82 Å². The molecule has 0 saturated carbocycles. The molecule has 0 aliphatic heterocycles. The first-order valence-corrected chi connectivity index (χ1v) is 4.57. The van der Waals surface area contributed by atoms with E-state index in [1.807, 2.05) is 0 Å². The predicted molar refractivity (Wildman–Crippen MR) is 61.2 cm³/mol. The number of hydrogen-bond donors (Lipinski definition) is 2. The molecule has 0 aliphatic carbocycles. The zero-order valence-electron chi connectivity index (χ0n) is 8.61. The second-order valence-corrected chi connectivity index (χ2v) is 2.86. The van der Waals surface area contributed by atoms with Gasteiger partial charge in [0.25, 0.3) is 0 Å². The van der Waals surface area contributed by atoms with Crippen LogP contribution in [-0.4, -0.2) is 25.6 Å². The molecule has 1 rings (SSSR count). The fourth-order valence-electron chi connectivity index (χ4n) is 0.988. The molecule has 16 heavy (non-hydrogen) atoms. The number of carbonyl (C=O) groups is 1. The van der Waals surface area contributed by atoms with Crippen LogP contribution in [0.4, 0.5) is 4.39 Å². The Hall–Kier alpha value is -1.33. The fourth-order valence-corrected chi connectivity index (χ4v) is 0.988. The van der Waals surface area contributed by atoms with E-state index < -0.39 is 0 Å². The van der Waals surface area contributed by atoms with Crippen molar-refractivity contribution in [3.05, 3.63) is 30.1 Å². The minimum Gasteiger partial charge on any atom is -0.492 e. The quantitative estimate of drug-likeness (QED) is 0.754. The van der Waals surface area contributed by atoms with Gasteiger partial charge in [0.2, 0.25) is 5.91 Å². The summed E-state index contributed by atoms with van der Waals surface area (Å²) in [5.74, 6) is -0.145. The SMILES string of the molecule is Cl.NCC(=O)NCCOc1cccc(F)c1. The van der Waals surface area contributed by atoms with E-state index >= 15 is 0 Å². The molecule has 0 fully saturated rings. The van der Waals surface area contributed by atoms with Crippen LogP contribution in [0.3, 0.4) is 0 Å². The molecule has 1 aromatic rings. The molecule has 0 saturated heterocycles. The van der Waals surface area contributed by atoms with E-state index in [2.05, 4.69) is 5.32 Å². The molecule has 3 N–H and O–H groups in total. The Balaban J connectivity index is 0.00000225. The van der Waals surface area contributed by atoms with Gasteiger partial charge in [0.15, 0.2) is 0 Å². The molecule has 6 heteroatoms. The third-order valence-corrected chi connectivity index (χ3v) is 1.67. The number of nitrogens with two attached hydrogens (primary N) is 1. The van der Waals surface area contributed by atoms with E-state index in [1.165, 1.54) is 12.1 Å². The molecular formula is C10H14ClFN2O2. The highest BCUT2D eigenvalue weighted by molar-refractivity contribution is 5.85. The molecule has 4 nitrogen and oxygen atoms in total. The molecule has 0 unspecified atom stereocenters. The Morgan fingerprint density at radius 3 is 2.88 bits per heavy atom. The van der Waals surface area contributed by atoms with Gasteiger partial charge in [0, 0.05) is 6.07 Å². The number of nitrogens with one attached hydrogen (secondary N) is 1. The lowest BCUT2D eigenvalue weighted by molar-refractivity contribution is -0.119. The molecule has 0 bridgehead atoms. The molecule has 90 valence electrons. The van der Waals surface area contributed by atoms with Crippen LogP contribution in [0.1, 0.15) is 0 Å². The molecule has 1 amide bonds. The lowest BCUT2D eigenvalue weighted by atomic mass is 10.3. The third kappa shape index (κ3) is 5.53. The van der Waals surface area contributed by atoms with Gasteiger partial charge < -0.3 is 15.8 Å². The zero-order chi connectivity index (χ0) is 11.1. The maximum absolute atomic E-state index is 12.7. The first-order chi connectivity index (χ1) is 7.22. The minimum absolute atomic E-state index is 0. The van der Waals surface area contributed by atoms with E-state index in [4.69, 9.17) is 10.5 Å². The number of benzene rings is 1. The van der Waals surface area contributed by atoms with E-state index in [1.54, 1.807) is 12.1 Å². The summed E-state index contributed by atoms with van der Waals surface area (Å²) in [4.78, 5) is 10.7. The van der Waals surface area contributed by atoms with E-state index in [0.29, 0.717) is 12.3 Å². The largest absolute Gasteiger partial charge is 0.492 e. The van der Waals surface area contributed by atoms with Gasteiger partial charge in [-0.2, -0.15) is 0 Å². The maximum atomic E-state index is 12.7. The summed E-state index contributed by atoms with van der Waals surface area (Å²) in [5.41, 5.74) is 5.08. The average Bonchev–Trinajstić information content (AvgIpc) is 2.24. The lowest BCUT2D eigenvalue weighted by Crippen LogP contribution is -2.33. The molecule has 0 aliphatic rings. The summed E-state index contributed by atoms with van der Waals surface area (Å²) in [6, 6.07) is 5.82. The summed E-state index contributed by atoms with van der Waals surface area (Å²) in [5, 5.41) is 2.53. The van der Waals surface area contributed by atoms with Gasteiger partial charge in [0.1, 0.15) is 18.2 Å². The topological polar surface area (TPSA) is 64.4 Å². The standard InChI is InChI=1S/C10H13FN2O2.ClH/c11-8-2-1-3-9(6-8)15-5-4-13-10(14)7-12;/h1-3,6H,4-5,7,12H2,(H,13,14);1H. The molecule has 0 atom stereocenters. The summed E-state index contributed by atoms with van der Waals surface area (Å²) >= 11 is 0. The summed E-state index contributed by atoms with van der Waals surface area (Å²) < 4.78 is 17.9. The van der Waals surface area contributed by atoms with Crippen LogP contribution in [-0.2, 0) is 4.79 Å². The van der Waals surface area contributed by atoms with Crippen molar-refractivity contribution in [3.63, 3.8) is 0 Å². The number of amides is 1. The highest BCUT2D eigenvalue weighted by Gasteiger charge is 1.97. The van der Waals surface area contributed by atoms with Crippen LogP contribution in [0.15, 0.2) is 24.3 Å². The highest BCUT2D eigenvalue weighted by atomic mass is 35.5. The van der Waals surface area contributed by atoms with Crippen LogP contribution in [0.2, 0.25) is 0 Å². The zero-order valence-corrected chi connectivity index (χ0v) is 9.43. The van der Waals surface area contributed by atoms with Gasteiger partial charge in [-0.15, -0.1) is 12.4 Å². The molecule has 0 radical (unpaired) electrons. The van der Waals surface area contributed by atoms with Gasteiger partial charge >= 0.3 is 0 Å². The van der Waals surface area contributed by atoms with Gasteiger partial charge in [0.05, 0.1) is 13.1 Å². The fraction of sp³-hybridized carbons (Fsp3) is 0.300. The third-order valence-electron chi connectivity index (χ3n) is 1.67. The molecule has 0 heterocycles. The minimum atomic E-state index is -0.349. The summed E-state index contributed by atoms with van der Waals surface area (Å²) in [7, 11) is 0. The second kappa shape index (κ2) is 7.90. The van der Waals surface area contributed by atoms with Crippen molar-refractivity contribution in [3.8, 4) is 5.75 Å². The van der Waals surface area contributed by atoms with Crippen LogP contribution >= 0.6 is 12.4 Å².